The summed E-state index contributed by atoms with van der Waals surface area (Å²) in [7, 11) is 0. The van der Waals surface area contributed by atoms with Crippen molar-refractivity contribution in [3.05, 3.63) is 54.1 Å². The van der Waals surface area contributed by atoms with Gasteiger partial charge < -0.3 is 5.73 Å². The van der Waals surface area contributed by atoms with E-state index in [0.717, 1.165) is 23.3 Å². The van der Waals surface area contributed by atoms with Crippen LogP contribution in [0.4, 0.5) is 5.69 Å². The number of carbonyl (C=O) groups is 2. The van der Waals surface area contributed by atoms with Crippen molar-refractivity contribution in [3.8, 4) is 17.3 Å². The summed E-state index contributed by atoms with van der Waals surface area (Å²) in [6.07, 6.45) is 3.45. The first-order valence-electron chi connectivity index (χ1n) is 7.35. The van der Waals surface area contributed by atoms with Crippen molar-refractivity contribution in [2.45, 2.75) is 12.8 Å². The third kappa shape index (κ3) is 2.79. The van der Waals surface area contributed by atoms with Gasteiger partial charge in [0.1, 0.15) is 0 Å². The SMILES string of the molecule is N#CN(C(=O)C1CC1)c1cccc(-c2ccccc2)c1C(N)=O. The molecule has 2 aromatic carbocycles. The fraction of sp³-hybridized carbons (Fsp3) is 0.167. The minimum atomic E-state index is -0.664. The standard InChI is InChI=1S/C18H15N3O2/c19-11-21(18(23)13-9-10-13)15-8-4-7-14(16(15)17(20)22)12-5-2-1-3-6-12/h1-8,13H,9-10H2,(H2,20,22). The lowest BCUT2D eigenvalue weighted by molar-refractivity contribution is -0.119. The van der Waals surface area contributed by atoms with Crippen molar-refractivity contribution < 1.29 is 9.59 Å². The van der Waals surface area contributed by atoms with Crippen molar-refractivity contribution in [1.82, 2.24) is 0 Å². The van der Waals surface area contributed by atoms with Crippen LogP contribution in [-0.4, -0.2) is 11.8 Å². The van der Waals surface area contributed by atoms with Crippen molar-refractivity contribution >= 4 is 17.5 Å². The summed E-state index contributed by atoms with van der Waals surface area (Å²) >= 11 is 0. The van der Waals surface area contributed by atoms with E-state index in [-0.39, 0.29) is 23.1 Å². The fourth-order valence-corrected chi connectivity index (χ4v) is 2.58. The molecule has 1 aliphatic rings. The highest BCUT2D eigenvalue weighted by Gasteiger charge is 2.35. The maximum atomic E-state index is 12.3. The van der Waals surface area contributed by atoms with E-state index in [9.17, 15) is 14.9 Å². The van der Waals surface area contributed by atoms with Crippen LogP contribution in [0.3, 0.4) is 0 Å². The van der Waals surface area contributed by atoms with Crippen molar-refractivity contribution in [2.75, 3.05) is 4.90 Å². The fourth-order valence-electron chi connectivity index (χ4n) is 2.58. The zero-order chi connectivity index (χ0) is 16.4. The first kappa shape index (κ1) is 14.8. The smallest absolute Gasteiger partial charge is 0.251 e. The monoisotopic (exact) mass is 305 g/mol. The summed E-state index contributed by atoms with van der Waals surface area (Å²) in [6, 6.07) is 14.3. The number of hydrogen-bond donors (Lipinski definition) is 1. The second kappa shape index (κ2) is 5.93. The molecule has 0 radical (unpaired) electrons. The number of nitriles is 1. The molecule has 114 valence electrons. The Balaban J connectivity index is 2.16. The second-order valence-corrected chi connectivity index (χ2v) is 5.48. The predicted octanol–water partition coefficient (Wildman–Crippen LogP) is 2.68. The molecule has 2 aromatic rings. The van der Waals surface area contributed by atoms with E-state index in [1.54, 1.807) is 18.2 Å². The number of rotatable bonds is 4. The van der Waals surface area contributed by atoms with Crippen LogP contribution in [0.1, 0.15) is 23.2 Å². The summed E-state index contributed by atoms with van der Waals surface area (Å²) in [4.78, 5) is 25.3. The molecule has 0 aromatic heterocycles. The molecule has 5 nitrogen and oxygen atoms in total. The maximum absolute atomic E-state index is 12.3. The van der Waals surface area contributed by atoms with Gasteiger partial charge in [0.2, 0.25) is 5.91 Å². The van der Waals surface area contributed by atoms with Crippen LogP contribution in [0.2, 0.25) is 0 Å². The van der Waals surface area contributed by atoms with Gasteiger partial charge in [0, 0.05) is 5.92 Å². The molecule has 0 bridgehead atoms. The number of carbonyl (C=O) groups excluding carboxylic acids is 2. The van der Waals surface area contributed by atoms with Gasteiger partial charge in [-0.25, -0.2) is 4.90 Å². The Kier molecular flexibility index (Phi) is 3.82. The van der Waals surface area contributed by atoms with Crippen LogP contribution in [0, 0.1) is 17.4 Å². The van der Waals surface area contributed by atoms with Crippen LogP contribution in [0.15, 0.2) is 48.5 Å². The molecule has 1 saturated carbocycles. The Bertz CT molecular complexity index is 805. The van der Waals surface area contributed by atoms with Gasteiger partial charge in [-0.3, -0.25) is 9.59 Å². The van der Waals surface area contributed by atoms with Gasteiger partial charge >= 0.3 is 0 Å². The average molecular weight is 305 g/mol. The van der Waals surface area contributed by atoms with Crippen LogP contribution >= 0.6 is 0 Å². The van der Waals surface area contributed by atoms with Crippen molar-refractivity contribution in [1.29, 1.82) is 5.26 Å². The number of benzene rings is 2. The van der Waals surface area contributed by atoms with Gasteiger partial charge in [-0.15, -0.1) is 0 Å². The number of nitrogens with zero attached hydrogens (tertiary/aromatic N) is 2. The van der Waals surface area contributed by atoms with E-state index >= 15 is 0 Å². The van der Waals surface area contributed by atoms with E-state index in [1.165, 1.54) is 0 Å². The topological polar surface area (TPSA) is 87.2 Å². The Morgan fingerprint density at radius 3 is 2.35 bits per heavy atom. The molecule has 23 heavy (non-hydrogen) atoms. The van der Waals surface area contributed by atoms with Crippen molar-refractivity contribution in [3.63, 3.8) is 0 Å². The Labute approximate surface area is 133 Å². The normalized spacial score (nSPS) is 13.2. The minimum Gasteiger partial charge on any atom is -0.366 e. The van der Waals surface area contributed by atoms with Crippen LogP contribution in [-0.2, 0) is 4.79 Å². The number of amides is 2. The summed E-state index contributed by atoms with van der Waals surface area (Å²) in [5.41, 5.74) is 7.40. The minimum absolute atomic E-state index is 0.129. The van der Waals surface area contributed by atoms with Gasteiger partial charge in [-0.2, -0.15) is 5.26 Å². The third-order valence-electron chi connectivity index (χ3n) is 3.86. The molecule has 5 heteroatoms. The third-order valence-corrected chi connectivity index (χ3v) is 3.86. The van der Waals surface area contributed by atoms with Gasteiger partial charge in [-0.1, -0.05) is 42.5 Å². The van der Waals surface area contributed by atoms with Crippen LogP contribution < -0.4 is 10.6 Å². The molecule has 0 atom stereocenters. The molecule has 2 N–H and O–H groups in total. The van der Waals surface area contributed by atoms with E-state index in [2.05, 4.69) is 0 Å². The summed E-state index contributed by atoms with van der Waals surface area (Å²) < 4.78 is 0. The quantitative estimate of drug-likeness (QED) is 0.696. The maximum Gasteiger partial charge on any atom is 0.251 e. The first-order valence-corrected chi connectivity index (χ1v) is 7.35. The summed E-state index contributed by atoms with van der Waals surface area (Å²) in [5, 5.41) is 9.40. The highest BCUT2D eigenvalue weighted by molar-refractivity contribution is 6.10. The molecule has 0 heterocycles. The van der Waals surface area contributed by atoms with Gasteiger partial charge in [-0.05, 0) is 30.0 Å². The molecule has 0 unspecified atom stereocenters. The first-order chi connectivity index (χ1) is 11.1. The number of nitrogens with two attached hydrogens (primary N) is 1. The molecular formula is C18H15N3O2. The molecule has 0 aliphatic heterocycles. The molecule has 0 spiro atoms. The van der Waals surface area contributed by atoms with E-state index in [1.807, 2.05) is 36.5 Å². The van der Waals surface area contributed by atoms with E-state index in [4.69, 9.17) is 5.73 Å². The Morgan fingerprint density at radius 1 is 1.09 bits per heavy atom. The molecule has 1 aliphatic carbocycles. The lowest BCUT2D eigenvalue weighted by atomic mass is 9.97. The lowest BCUT2D eigenvalue weighted by Crippen LogP contribution is -2.30. The predicted molar refractivity (Wildman–Crippen MR) is 86.2 cm³/mol. The highest BCUT2D eigenvalue weighted by atomic mass is 16.2. The van der Waals surface area contributed by atoms with Gasteiger partial charge in [0.15, 0.2) is 6.19 Å². The second-order valence-electron chi connectivity index (χ2n) is 5.48. The van der Waals surface area contributed by atoms with Crippen LogP contribution in [0.25, 0.3) is 11.1 Å². The molecule has 1 fully saturated rings. The van der Waals surface area contributed by atoms with Crippen molar-refractivity contribution in [2.24, 2.45) is 11.7 Å². The highest BCUT2D eigenvalue weighted by Crippen LogP contribution is 2.36. The molecule has 3 rings (SSSR count). The van der Waals surface area contributed by atoms with E-state index < -0.39 is 5.91 Å². The zero-order valence-electron chi connectivity index (χ0n) is 12.4. The number of anilines is 1. The van der Waals surface area contributed by atoms with Gasteiger partial charge in [0.25, 0.3) is 5.91 Å². The van der Waals surface area contributed by atoms with E-state index in [0.29, 0.717) is 5.56 Å². The summed E-state index contributed by atoms with van der Waals surface area (Å²) in [6.45, 7) is 0. The Hall–Kier alpha value is -3.13. The molecular weight excluding hydrogens is 290 g/mol. The van der Waals surface area contributed by atoms with Gasteiger partial charge in [0.05, 0.1) is 11.3 Å². The zero-order valence-corrected chi connectivity index (χ0v) is 12.4. The Morgan fingerprint density at radius 2 is 1.78 bits per heavy atom. The molecule has 0 saturated heterocycles. The lowest BCUT2D eigenvalue weighted by Gasteiger charge is -2.18. The molecule has 2 amide bonds. The average Bonchev–Trinajstić information content (AvgIpc) is 3.41. The summed E-state index contributed by atoms with van der Waals surface area (Å²) in [5.74, 6) is -1.07. The largest absolute Gasteiger partial charge is 0.366 e. The number of hydrogen-bond acceptors (Lipinski definition) is 3. The number of primary amides is 1. The van der Waals surface area contributed by atoms with Crippen LogP contribution in [0.5, 0.6) is 0 Å².